The largest absolute Gasteiger partial charge is 0.412 e. The highest BCUT2D eigenvalue weighted by atomic mass is 28.4. The summed E-state index contributed by atoms with van der Waals surface area (Å²) in [7, 11) is -0.445. The van der Waals surface area contributed by atoms with Gasteiger partial charge in [0.15, 0.2) is 8.32 Å². The second-order valence-electron chi connectivity index (χ2n) is 12.6. The van der Waals surface area contributed by atoms with Gasteiger partial charge in [-0.15, -0.1) is 5.10 Å². The summed E-state index contributed by atoms with van der Waals surface area (Å²) in [6, 6.07) is -1.10. The molecule has 1 saturated carbocycles. The van der Waals surface area contributed by atoms with Crippen LogP contribution in [0.1, 0.15) is 84.4 Å². The summed E-state index contributed by atoms with van der Waals surface area (Å²) >= 11 is 0. The number of carbonyl (C=O) groups excluding carboxylic acids is 2. The van der Waals surface area contributed by atoms with Crippen molar-refractivity contribution < 1.29 is 19.1 Å². The third-order valence-corrected chi connectivity index (χ3v) is 13.1. The number of hydrogen-bond acceptors (Lipinski definition) is 6. The molecule has 0 spiro atoms. The zero-order valence-electron chi connectivity index (χ0n) is 23.5. The maximum absolute atomic E-state index is 14.0. The number of carbonyl (C=O) groups is 2. The molecule has 204 valence electrons. The van der Waals surface area contributed by atoms with Crippen LogP contribution >= 0.6 is 0 Å². The molecule has 10 heteroatoms. The van der Waals surface area contributed by atoms with Gasteiger partial charge in [-0.1, -0.05) is 39.8 Å². The predicted octanol–water partition coefficient (Wildman–Crippen LogP) is 3.48. The van der Waals surface area contributed by atoms with Crippen LogP contribution in [-0.4, -0.2) is 77.5 Å². The zero-order valence-corrected chi connectivity index (χ0v) is 24.5. The number of amides is 2. The first-order valence-corrected chi connectivity index (χ1v) is 16.4. The Kier molecular flexibility index (Phi) is 9.04. The summed E-state index contributed by atoms with van der Waals surface area (Å²) in [5.74, 6) is 0.382. The number of aliphatic hydroxyl groups is 1. The molecule has 1 saturated heterocycles. The first-order valence-electron chi connectivity index (χ1n) is 13.5. The van der Waals surface area contributed by atoms with Crippen LogP contribution in [0.2, 0.25) is 18.1 Å². The molecule has 2 heterocycles. The van der Waals surface area contributed by atoms with E-state index in [2.05, 4.69) is 49.5 Å². The van der Waals surface area contributed by atoms with Crippen LogP contribution < -0.4 is 5.32 Å². The highest BCUT2D eigenvalue weighted by molar-refractivity contribution is 6.74. The Morgan fingerprint density at radius 3 is 2.39 bits per heavy atom. The molecule has 3 atom stereocenters. The molecule has 0 radical (unpaired) electrons. The van der Waals surface area contributed by atoms with Crippen molar-refractivity contribution in [2.45, 2.75) is 109 Å². The molecular weight excluding hydrogens is 474 g/mol. The van der Waals surface area contributed by atoms with Gasteiger partial charge in [-0.25, -0.2) is 4.68 Å². The van der Waals surface area contributed by atoms with Gasteiger partial charge in [0, 0.05) is 38.7 Å². The average Bonchev–Trinajstić information content (AvgIpc) is 3.45. The van der Waals surface area contributed by atoms with Crippen molar-refractivity contribution in [3.05, 3.63) is 11.9 Å². The first kappa shape index (κ1) is 28.8. The summed E-state index contributed by atoms with van der Waals surface area (Å²) in [4.78, 5) is 28.5. The van der Waals surface area contributed by atoms with Crippen LogP contribution in [0.25, 0.3) is 0 Å². The fourth-order valence-corrected chi connectivity index (χ4v) is 6.62. The molecule has 2 amide bonds. The molecule has 2 aliphatic rings. The van der Waals surface area contributed by atoms with Crippen LogP contribution in [0, 0.1) is 11.8 Å². The van der Waals surface area contributed by atoms with Gasteiger partial charge in [-0.05, 0) is 55.7 Å². The normalized spacial score (nSPS) is 26.3. The lowest BCUT2D eigenvalue weighted by Crippen LogP contribution is -2.48. The van der Waals surface area contributed by atoms with Gasteiger partial charge >= 0.3 is 0 Å². The highest BCUT2D eigenvalue weighted by Crippen LogP contribution is 2.40. The fourth-order valence-electron chi connectivity index (χ4n) is 5.26. The molecule has 2 N–H and O–H groups in total. The Labute approximate surface area is 217 Å². The smallest absolute Gasteiger partial charge is 0.248 e. The minimum Gasteiger partial charge on any atom is -0.412 e. The molecule has 2 fully saturated rings. The van der Waals surface area contributed by atoms with Gasteiger partial charge in [-0.2, -0.15) is 0 Å². The molecule has 36 heavy (non-hydrogen) atoms. The molecular formula is C26H47N5O4Si. The Balaban J connectivity index is 1.80. The quantitative estimate of drug-likeness (QED) is 0.507. The summed E-state index contributed by atoms with van der Waals surface area (Å²) in [6.07, 6.45) is 6.16. The van der Waals surface area contributed by atoms with Gasteiger partial charge in [0.05, 0.1) is 11.8 Å². The maximum Gasteiger partial charge on any atom is 0.248 e. The van der Waals surface area contributed by atoms with Crippen molar-refractivity contribution in [1.82, 2.24) is 25.2 Å². The molecule has 1 aromatic heterocycles. The Morgan fingerprint density at radius 1 is 1.22 bits per heavy atom. The van der Waals surface area contributed by atoms with Gasteiger partial charge in [-0.3, -0.25) is 9.59 Å². The van der Waals surface area contributed by atoms with E-state index >= 15 is 0 Å². The van der Waals surface area contributed by atoms with Crippen molar-refractivity contribution in [1.29, 1.82) is 0 Å². The molecule has 1 aliphatic heterocycles. The third-order valence-electron chi connectivity index (χ3n) is 8.58. The summed E-state index contributed by atoms with van der Waals surface area (Å²) < 4.78 is 8.33. The van der Waals surface area contributed by atoms with Crippen molar-refractivity contribution in [2.24, 2.45) is 11.8 Å². The van der Waals surface area contributed by atoms with E-state index in [0.29, 0.717) is 24.8 Å². The molecule has 0 bridgehead atoms. The van der Waals surface area contributed by atoms with Gasteiger partial charge in [0.1, 0.15) is 12.1 Å². The van der Waals surface area contributed by atoms with E-state index < -0.39 is 20.4 Å². The first-order chi connectivity index (χ1) is 16.8. The molecule has 0 unspecified atom stereocenters. The highest BCUT2D eigenvalue weighted by Gasteiger charge is 2.47. The number of likely N-dealkylation sites (N-methyl/N-ethyl adjacent to an activating group) is 1. The number of rotatable bonds is 8. The van der Waals surface area contributed by atoms with E-state index in [1.165, 1.54) is 0 Å². The minimum atomic E-state index is -2.06. The van der Waals surface area contributed by atoms with Crippen molar-refractivity contribution in [2.75, 3.05) is 20.2 Å². The number of nitrogens with one attached hydrogen (secondary N) is 1. The lowest BCUT2D eigenvalue weighted by atomic mass is 9.81. The van der Waals surface area contributed by atoms with Crippen molar-refractivity contribution in [3.8, 4) is 0 Å². The van der Waals surface area contributed by atoms with Crippen LogP contribution in [0.15, 0.2) is 6.20 Å². The van der Waals surface area contributed by atoms with Crippen molar-refractivity contribution in [3.63, 3.8) is 0 Å². The molecule has 9 nitrogen and oxygen atoms in total. The van der Waals surface area contributed by atoms with Crippen LogP contribution in [-0.2, 0) is 14.0 Å². The number of hydrogen-bond donors (Lipinski definition) is 2. The van der Waals surface area contributed by atoms with Crippen LogP contribution in [0.5, 0.6) is 0 Å². The number of aromatic nitrogens is 3. The van der Waals surface area contributed by atoms with E-state index in [4.69, 9.17) is 4.43 Å². The third kappa shape index (κ3) is 6.19. The second-order valence-corrected chi connectivity index (χ2v) is 17.3. The monoisotopic (exact) mass is 521 g/mol. The summed E-state index contributed by atoms with van der Waals surface area (Å²) in [6.45, 7) is 15.6. The Bertz CT molecular complexity index is 904. The average molecular weight is 522 g/mol. The summed E-state index contributed by atoms with van der Waals surface area (Å²) in [5.41, 5.74) is 0.910. The van der Waals surface area contributed by atoms with Gasteiger partial charge < -0.3 is 19.7 Å². The van der Waals surface area contributed by atoms with E-state index in [1.54, 1.807) is 16.6 Å². The number of aliphatic hydroxyl groups excluding tert-OH is 1. The number of likely N-dealkylation sites (tertiary alicyclic amines) is 1. The van der Waals surface area contributed by atoms with Gasteiger partial charge in [0.2, 0.25) is 11.8 Å². The maximum atomic E-state index is 14.0. The lowest BCUT2D eigenvalue weighted by Gasteiger charge is -2.38. The predicted molar refractivity (Wildman–Crippen MR) is 142 cm³/mol. The van der Waals surface area contributed by atoms with Gasteiger partial charge in [0.25, 0.3) is 0 Å². The van der Waals surface area contributed by atoms with Crippen LogP contribution in [0.3, 0.4) is 0 Å². The molecule has 1 aromatic rings. The standard InChI is InChI=1S/C26H47N5O4Si/c1-17(2)23(31-15-21(28-29-31)19-11-9-18(16-32)10-12-19)25(34)30-14-20(13-22(30)24(33)27-6)35-36(7,8)26(3,4)5/h15,17-20,22-23,32H,9-14,16H2,1-8H3,(H,27,33)/t18?,19?,20-,22+,23+/m1/s1. The number of nitrogens with zero attached hydrogens (tertiary/aromatic N) is 4. The van der Waals surface area contributed by atoms with E-state index in [1.807, 2.05) is 20.0 Å². The minimum absolute atomic E-state index is 0.0251. The fraction of sp³-hybridized carbons (Fsp3) is 0.846. The molecule has 0 aromatic carbocycles. The SMILES string of the molecule is CNC(=O)[C@@H]1C[C@@H](O[Si](C)(C)C(C)(C)C)CN1C(=O)[C@H](C(C)C)n1cc(C2CCC(CO)CC2)nn1. The summed E-state index contributed by atoms with van der Waals surface area (Å²) in [5, 5.41) is 21.1. The topological polar surface area (TPSA) is 110 Å². The Morgan fingerprint density at radius 2 is 1.86 bits per heavy atom. The zero-order chi connectivity index (χ0) is 26.8. The van der Waals surface area contributed by atoms with E-state index in [-0.39, 0.29) is 35.5 Å². The Hall–Kier alpha value is -1.78. The van der Waals surface area contributed by atoms with E-state index in [9.17, 15) is 14.7 Å². The van der Waals surface area contributed by atoms with E-state index in [0.717, 1.165) is 31.4 Å². The van der Waals surface area contributed by atoms with Crippen LogP contribution in [0.4, 0.5) is 0 Å². The second kappa shape index (κ2) is 11.3. The lowest BCUT2D eigenvalue weighted by molar-refractivity contribution is -0.142. The molecule has 1 aliphatic carbocycles. The van der Waals surface area contributed by atoms with Crippen molar-refractivity contribution >= 4 is 20.1 Å². The molecule has 3 rings (SSSR count).